The van der Waals surface area contributed by atoms with E-state index < -0.39 is 5.92 Å². The normalized spacial score (nSPS) is 33.1. The van der Waals surface area contributed by atoms with Crippen LogP contribution in [0.3, 0.4) is 0 Å². The molecule has 0 radical (unpaired) electrons. The molecule has 13 heavy (non-hydrogen) atoms. The SMILES string of the molecule is CC(C#N)C(=O)N1CC2CCC1C2. The summed E-state index contributed by atoms with van der Waals surface area (Å²) in [7, 11) is 0. The van der Waals surface area contributed by atoms with Crippen LogP contribution in [-0.2, 0) is 4.79 Å². The lowest BCUT2D eigenvalue weighted by atomic mass is 10.1. The molecule has 1 saturated heterocycles. The highest BCUT2D eigenvalue weighted by molar-refractivity contribution is 5.81. The van der Waals surface area contributed by atoms with Crippen LogP contribution in [0, 0.1) is 23.2 Å². The summed E-state index contributed by atoms with van der Waals surface area (Å²) >= 11 is 0. The van der Waals surface area contributed by atoms with E-state index in [1.807, 2.05) is 11.0 Å². The summed E-state index contributed by atoms with van der Waals surface area (Å²) in [5, 5.41) is 8.64. The van der Waals surface area contributed by atoms with Crippen molar-refractivity contribution in [2.75, 3.05) is 6.54 Å². The molecule has 3 heteroatoms. The highest BCUT2D eigenvalue weighted by Gasteiger charge is 2.41. The van der Waals surface area contributed by atoms with E-state index in [-0.39, 0.29) is 5.91 Å². The quantitative estimate of drug-likeness (QED) is 0.604. The van der Waals surface area contributed by atoms with Gasteiger partial charge in [0.15, 0.2) is 0 Å². The molecule has 0 aromatic rings. The molecule has 0 aromatic carbocycles. The van der Waals surface area contributed by atoms with E-state index in [1.165, 1.54) is 12.8 Å². The fourth-order valence-electron chi connectivity index (χ4n) is 2.50. The van der Waals surface area contributed by atoms with Crippen molar-refractivity contribution in [3.63, 3.8) is 0 Å². The minimum atomic E-state index is -0.459. The Kier molecular flexibility index (Phi) is 1.99. The zero-order chi connectivity index (χ0) is 9.42. The molecule has 3 unspecified atom stereocenters. The molecule has 2 aliphatic rings. The average molecular weight is 178 g/mol. The summed E-state index contributed by atoms with van der Waals surface area (Å²) in [5.74, 6) is 0.300. The van der Waals surface area contributed by atoms with Crippen molar-refractivity contribution < 1.29 is 4.79 Å². The third kappa shape index (κ3) is 1.31. The number of nitrogens with zero attached hydrogens (tertiary/aromatic N) is 2. The summed E-state index contributed by atoms with van der Waals surface area (Å²) in [6.07, 6.45) is 3.59. The van der Waals surface area contributed by atoms with Gasteiger partial charge in [0.1, 0.15) is 5.92 Å². The lowest BCUT2D eigenvalue weighted by Crippen LogP contribution is -2.40. The van der Waals surface area contributed by atoms with E-state index in [0.717, 1.165) is 18.9 Å². The first kappa shape index (κ1) is 8.55. The van der Waals surface area contributed by atoms with E-state index in [2.05, 4.69) is 0 Å². The Balaban J connectivity index is 2.03. The molecule has 2 fully saturated rings. The molecule has 0 N–H and O–H groups in total. The molecule has 70 valence electrons. The molecule has 3 atom stereocenters. The summed E-state index contributed by atoms with van der Waals surface area (Å²) < 4.78 is 0. The van der Waals surface area contributed by atoms with Gasteiger partial charge in [-0.05, 0) is 32.1 Å². The average Bonchev–Trinajstić information content (AvgIpc) is 2.76. The summed E-state index contributed by atoms with van der Waals surface area (Å²) in [5.41, 5.74) is 0. The zero-order valence-corrected chi connectivity index (χ0v) is 7.86. The van der Waals surface area contributed by atoms with Crippen molar-refractivity contribution in [3.05, 3.63) is 0 Å². The number of amides is 1. The maximum absolute atomic E-state index is 11.7. The van der Waals surface area contributed by atoms with Crippen LogP contribution in [0.15, 0.2) is 0 Å². The molecular weight excluding hydrogens is 164 g/mol. The van der Waals surface area contributed by atoms with Crippen molar-refractivity contribution in [1.29, 1.82) is 5.26 Å². The number of likely N-dealkylation sites (tertiary alicyclic amines) is 1. The summed E-state index contributed by atoms with van der Waals surface area (Å²) in [6.45, 7) is 2.59. The van der Waals surface area contributed by atoms with Crippen LogP contribution in [0.4, 0.5) is 0 Å². The van der Waals surface area contributed by atoms with Crippen LogP contribution >= 0.6 is 0 Å². The molecule has 2 rings (SSSR count). The Morgan fingerprint density at radius 3 is 2.85 bits per heavy atom. The van der Waals surface area contributed by atoms with Gasteiger partial charge < -0.3 is 4.90 Å². The third-order valence-electron chi connectivity index (χ3n) is 3.26. The molecule has 0 aromatic heterocycles. The van der Waals surface area contributed by atoms with Gasteiger partial charge in [-0.2, -0.15) is 5.26 Å². The molecular formula is C10H14N2O. The van der Waals surface area contributed by atoms with Crippen molar-refractivity contribution in [3.8, 4) is 6.07 Å². The smallest absolute Gasteiger partial charge is 0.239 e. The maximum atomic E-state index is 11.7. The largest absolute Gasteiger partial charge is 0.338 e. The van der Waals surface area contributed by atoms with Crippen LogP contribution < -0.4 is 0 Å². The Bertz CT molecular complexity index is 269. The number of piperidine rings is 1. The Morgan fingerprint density at radius 1 is 1.62 bits per heavy atom. The van der Waals surface area contributed by atoms with Gasteiger partial charge in [0.2, 0.25) is 5.91 Å². The molecule has 3 nitrogen and oxygen atoms in total. The molecule has 2 bridgehead atoms. The number of carbonyl (C=O) groups excluding carboxylic acids is 1. The van der Waals surface area contributed by atoms with Gasteiger partial charge >= 0.3 is 0 Å². The number of rotatable bonds is 1. The first-order valence-corrected chi connectivity index (χ1v) is 4.92. The van der Waals surface area contributed by atoms with Crippen LogP contribution in [0.1, 0.15) is 26.2 Å². The summed E-state index contributed by atoms with van der Waals surface area (Å²) in [4.78, 5) is 13.6. The molecule has 0 spiro atoms. The maximum Gasteiger partial charge on any atom is 0.239 e. The standard InChI is InChI=1S/C10H14N2O/c1-7(5-11)10(13)12-6-8-2-3-9(12)4-8/h7-9H,2-4,6H2,1H3. The van der Waals surface area contributed by atoms with Gasteiger partial charge in [0, 0.05) is 12.6 Å². The minimum Gasteiger partial charge on any atom is -0.338 e. The second kappa shape index (κ2) is 3.02. The first-order chi connectivity index (χ1) is 6.22. The Labute approximate surface area is 78.3 Å². The summed E-state index contributed by atoms with van der Waals surface area (Å²) in [6, 6.07) is 2.46. The van der Waals surface area contributed by atoms with Gasteiger partial charge in [-0.25, -0.2) is 0 Å². The molecule has 1 saturated carbocycles. The Morgan fingerprint density at radius 2 is 2.38 bits per heavy atom. The van der Waals surface area contributed by atoms with Crippen molar-refractivity contribution in [1.82, 2.24) is 4.90 Å². The van der Waals surface area contributed by atoms with E-state index in [4.69, 9.17) is 5.26 Å². The van der Waals surface area contributed by atoms with Crippen molar-refractivity contribution in [2.24, 2.45) is 11.8 Å². The van der Waals surface area contributed by atoms with Gasteiger partial charge in [-0.1, -0.05) is 0 Å². The predicted molar refractivity (Wildman–Crippen MR) is 47.6 cm³/mol. The number of carbonyl (C=O) groups is 1. The van der Waals surface area contributed by atoms with Crippen LogP contribution in [-0.4, -0.2) is 23.4 Å². The number of fused-ring (bicyclic) bond motifs is 2. The fraction of sp³-hybridized carbons (Fsp3) is 0.800. The predicted octanol–water partition coefficient (Wildman–Crippen LogP) is 1.16. The highest BCUT2D eigenvalue weighted by Crippen LogP contribution is 2.37. The monoisotopic (exact) mass is 178 g/mol. The number of nitriles is 1. The first-order valence-electron chi connectivity index (χ1n) is 4.92. The lowest BCUT2D eigenvalue weighted by molar-refractivity contribution is -0.134. The van der Waals surface area contributed by atoms with E-state index in [1.54, 1.807) is 6.92 Å². The van der Waals surface area contributed by atoms with Crippen molar-refractivity contribution in [2.45, 2.75) is 32.2 Å². The van der Waals surface area contributed by atoms with Gasteiger partial charge in [-0.3, -0.25) is 4.79 Å². The van der Waals surface area contributed by atoms with Crippen LogP contribution in [0.5, 0.6) is 0 Å². The second-order valence-corrected chi connectivity index (χ2v) is 4.17. The highest BCUT2D eigenvalue weighted by atomic mass is 16.2. The van der Waals surface area contributed by atoms with E-state index in [9.17, 15) is 4.79 Å². The minimum absolute atomic E-state index is 0.0368. The van der Waals surface area contributed by atoms with Crippen molar-refractivity contribution >= 4 is 5.91 Å². The van der Waals surface area contributed by atoms with Gasteiger partial charge in [0.25, 0.3) is 0 Å². The molecule has 1 aliphatic carbocycles. The molecule has 1 aliphatic heterocycles. The zero-order valence-electron chi connectivity index (χ0n) is 7.86. The van der Waals surface area contributed by atoms with Gasteiger partial charge in [0.05, 0.1) is 6.07 Å². The number of hydrogen-bond acceptors (Lipinski definition) is 2. The van der Waals surface area contributed by atoms with Crippen LogP contribution in [0.2, 0.25) is 0 Å². The van der Waals surface area contributed by atoms with E-state index >= 15 is 0 Å². The molecule has 1 amide bonds. The van der Waals surface area contributed by atoms with Crippen LogP contribution in [0.25, 0.3) is 0 Å². The van der Waals surface area contributed by atoms with Gasteiger partial charge in [-0.15, -0.1) is 0 Å². The fourth-order valence-corrected chi connectivity index (χ4v) is 2.50. The number of hydrogen-bond donors (Lipinski definition) is 0. The lowest BCUT2D eigenvalue weighted by Gasteiger charge is -2.27. The topological polar surface area (TPSA) is 44.1 Å². The Hall–Kier alpha value is -1.04. The second-order valence-electron chi connectivity index (χ2n) is 4.17. The molecule has 1 heterocycles. The third-order valence-corrected chi connectivity index (χ3v) is 3.26. The van der Waals surface area contributed by atoms with E-state index in [0.29, 0.717) is 6.04 Å².